The maximum atomic E-state index is 8.96. The number of rotatable bonds is 0. The molecule has 64 valence electrons. The van der Waals surface area contributed by atoms with Crippen molar-refractivity contribution < 1.29 is 9.47 Å². The summed E-state index contributed by atoms with van der Waals surface area (Å²) >= 11 is 0. The summed E-state index contributed by atoms with van der Waals surface area (Å²) in [4.78, 5) is 0. The Hall–Kier alpha value is -1.69. The lowest BCUT2D eigenvalue weighted by Gasteiger charge is -2.20. The van der Waals surface area contributed by atoms with E-state index in [1.54, 1.807) is 0 Å². The van der Waals surface area contributed by atoms with E-state index in [9.17, 15) is 0 Å². The molecule has 0 bridgehead atoms. The molecule has 13 heavy (non-hydrogen) atoms. The van der Waals surface area contributed by atoms with Gasteiger partial charge in [0.1, 0.15) is 11.6 Å². The van der Waals surface area contributed by atoms with Crippen LogP contribution in [0.4, 0.5) is 0 Å². The van der Waals surface area contributed by atoms with E-state index in [4.69, 9.17) is 14.7 Å². The zero-order valence-electron chi connectivity index (χ0n) is 6.96. The van der Waals surface area contributed by atoms with E-state index >= 15 is 0 Å². The van der Waals surface area contributed by atoms with Gasteiger partial charge in [-0.3, -0.25) is 0 Å². The molecule has 0 N–H and O–H groups in total. The van der Waals surface area contributed by atoms with Crippen molar-refractivity contribution in [3.05, 3.63) is 22.8 Å². The Kier molecular flexibility index (Phi) is 1.13. The Balaban J connectivity index is 2.32. The molecule has 0 spiro atoms. The van der Waals surface area contributed by atoms with Crippen LogP contribution in [-0.2, 0) is 12.8 Å². The third kappa shape index (κ3) is 0.726. The molecule has 0 saturated heterocycles. The van der Waals surface area contributed by atoms with Crippen LogP contribution in [0.15, 0.2) is 6.07 Å². The lowest BCUT2D eigenvalue weighted by Crippen LogP contribution is -2.10. The number of aryl methyl sites for hydroxylation is 1. The van der Waals surface area contributed by atoms with Gasteiger partial charge in [0.15, 0.2) is 11.5 Å². The maximum Gasteiger partial charge on any atom is 0.231 e. The number of nitrogens with zero attached hydrogens (tertiary/aromatic N) is 1. The molecule has 1 aliphatic carbocycles. The average molecular weight is 173 g/mol. The molecular weight excluding hydrogens is 166 g/mol. The van der Waals surface area contributed by atoms with Crippen molar-refractivity contribution in [2.75, 3.05) is 6.79 Å². The highest BCUT2D eigenvalue weighted by atomic mass is 16.7. The van der Waals surface area contributed by atoms with Crippen molar-refractivity contribution in [3.63, 3.8) is 0 Å². The van der Waals surface area contributed by atoms with E-state index in [0.717, 1.165) is 24.2 Å². The molecule has 3 heteroatoms. The van der Waals surface area contributed by atoms with E-state index in [-0.39, 0.29) is 6.79 Å². The lowest BCUT2D eigenvalue weighted by atomic mass is 9.84. The number of benzene rings is 1. The molecule has 3 rings (SSSR count). The molecule has 1 aromatic carbocycles. The van der Waals surface area contributed by atoms with Crippen molar-refractivity contribution in [1.29, 1.82) is 5.26 Å². The minimum absolute atomic E-state index is 0.243. The largest absolute Gasteiger partial charge is 0.454 e. The van der Waals surface area contributed by atoms with Gasteiger partial charge in [-0.25, -0.2) is 0 Å². The Labute approximate surface area is 75.5 Å². The van der Waals surface area contributed by atoms with Gasteiger partial charge in [-0.1, -0.05) is 0 Å². The highest BCUT2D eigenvalue weighted by Gasteiger charge is 2.27. The van der Waals surface area contributed by atoms with Crippen molar-refractivity contribution in [1.82, 2.24) is 0 Å². The first-order valence-corrected chi connectivity index (χ1v) is 4.24. The van der Waals surface area contributed by atoms with Gasteiger partial charge >= 0.3 is 0 Å². The molecule has 0 atom stereocenters. The van der Waals surface area contributed by atoms with Crippen LogP contribution < -0.4 is 9.47 Å². The monoisotopic (exact) mass is 173 g/mol. The smallest absolute Gasteiger partial charge is 0.231 e. The van der Waals surface area contributed by atoms with Gasteiger partial charge in [0.05, 0.1) is 0 Å². The van der Waals surface area contributed by atoms with Gasteiger partial charge in [-0.15, -0.1) is 0 Å². The summed E-state index contributed by atoms with van der Waals surface area (Å²) in [6, 6.07) is 4.17. The number of hydrogen-bond acceptors (Lipinski definition) is 3. The molecule has 0 saturated carbocycles. The van der Waals surface area contributed by atoms with Crippen LogP contribution >= 0.6 is 0 Å². The number of ether oxygens (including phenoxy) is 2. The molecule has 1 aliphatic heterocycles. The molecule has 0 unspecified atom stereocenters. The second-order valence-electron chi connectivity index (χ2n) is 3.23. The second kappa shape index (κ2) is 2.17. The molecule has 1 aromatic rings. The van der Waals surface area contributed by atoms with Gasteiger partial charge in [0, 0.05) is 0 Å². The van der Waals surface area contributed by atoms with Crippen LogP contribution in [0.2, 0.25) is 0 Å². The zero-order valence-corrected chi connectivity index (χ0v) is 6.96. The molecule has 0 radical (unpaired) electrons. The summed E-state index contributed by atoms with van der Waals surface area (Å²) in [5, 5.41) is 8.96. The lowest BCUT2D eigenvalue weighted by molar-refractivity contribution is 0.173. The van der Waals surface area contributed by atoms with Crippen LogP contribution in [0.1, 0.15) is 16.7 Å². The molecular formula is C10H7NO2. The summed E-state index contributed by atoms with van der Waals surface area (Å²) < 4.78 is 10.5. The standard InChI is InChI=1S/C10H7NO2/c11-4-8-7-2-1-6(7)3-9-10(8)13-5-12-9/h3H,1-2,5H2. The average Bonchev–Trinajstić information content (AvgIpc) is 2.55. The highest BCUT2D eigenvalue weighted by molar-refractivity contribution is 5.63. The van der Waals surface area contributed by atoms with Crippen LogP contribution in [0.5, 0.6) is 11.5 Å². The number of hydrogen-bond donors (Lipinski definition) is 0. The molecule has 2 aliphatic rings. The molecule has 0 fully saturated rings. The van der Waals surface area contributed by atoms with Gasteiger partial charge in [0.25, 0.3) is 0 Å². The van der Waals surface area contributed by atoms with Crippen LogP contribution in [0, 0.1) is 11.3 Å². The first-order chi connectivity index (χ1) is 6.40. The van der Waals surface area contributed by atoms with Gasteiger partial charge < -0.3 is 9.47 Å². The SMILES string of the molecule is N#Cc1c2c(cc3c1OCO3)CC2. The third-order valence-corrected chi connectivity index (χ3v) is 2.62. The maximum absolute atomic E-state index is 8.96. The second-order valence-corrected chi connectivity index (χ2v) is 3.23. The van der Waals surface area contributed by atoms with E-state index in [1.165, 1.54) is 5.56 Å². The Bertz CT molecular complexity index is 432. The topological polar surface area (TPSA) is 42.2 Å². The fraction of sp³-hybridized carbons (Fsp3) is 0.300. The van der Waals surface area contributed by atoms with Crippen LogP contribution in [0.3, 0.4) is 0 Å². The van der Waals surface area contributed by atoms with Crippen molar-refractivity contribution in [3.8, 4) is 17.6 Å². The van der Waals surface area contributed by atoms with Gasteiger partial charge in [0.2, 0.25) is 6.79 Å². The summed E-state index contributed by atoms with van der Waals surface area (Å²) in [6.45, 7) is 0.243. The first-order valence-electron chi connectivity index (χ1n) is 4.24. The van der Waals surface area contributed by atoms with Gasteiger partial charge in [-0.05, 0) is 30.0 Å². The molecule has 1 heterocycles. The highest BCUT2D eigenvalue weighted by Crippen LogP contribution is 2.42. The predicted molar refractivity (Wildman–Crippen MR) is 44.7 cm³/mol. The van der Waals surface area contributed by atoms with Crippen molar-refractivity contribution >= 4 is 0 Å². The summed E-state index contributed by atoms with van der Waals surface area (Å²) in [5.74, 6) is 1.37. The minimum atomic E-state index is 0.243. The Morgan fingerprint density at radius 1 is 1.31 bits per heavy atom. The summed E-state index contributed by atoms with van der Waals surface area (Å²) in [6.07, 6.45) is 2.05. The molecule has 3 nitrogen and oxygen atoms in total. The minimum Gasteiger partial charge on any atom is -0.454 e. The van der Waals surface area contributed by atoms with Crippen molar-refractivity contribution in [2.45, 2.75) is 12.8 Å². The fourth-order valence-corrected chi connectivity index (χ4v) is 1.84. The van der Waals surface area contributed by atoms with E-state index in [2.05, 4.69) is 6.07 Å². The van der Waals surface area contributed by atoms with Crippen LogP contribution in [0.25, 0.3) is 0 Å². The fourth-order valence-electron chi connectivity index (χ4n) is 1.84. The quantitative estimate of drug-likeness (QED) is 0.595. The number of nitriles is 1. The zero-order chi connectivity index (χ0) is 8.84. The Morgan fingerprint density at radius 3 is 2.92 bits per heavy atom. The summed E-state index contributed by atoms with van der Waals surface area (Å²) in [5.41, 5.74) is 3.06. The van der Waals surface area contributed by atoms with Crippen LogP contribution in [-0.4, -0.2) is 6.79 Å². The van der Waals surface area contributed by atoms with E-state index < -0.39 is 0 Å². The third-order valence-electron chi connectivity index (χ3n) is 2.62. The number of fused-ring (bicyclic) bond motifs is 2. The predicted octanol–water partition coefficient (Wildman–Crippen LogP) is 1.39. The van der Waals surface area contributed by atoms with E-state index in [0.29, 0.717) is 11.3 Å². The van der Waals surface area contributed by atoms with Gasteiger partial charge in [-0.2, -0.15) is 5.26 Å². The first kappa shape index (κ1) is 6.79. The van der Waals surface area contributed by atoms with Crippen molar-refractivity contribution in [2.24, 2.45) is 0 Å². The Morgan fingerprint density at radius 2 is 2.23 bits per heavy atom. The summed E-state index contributed by atoms with van der Waals surface area (Å²) in [7, 11) is 0. The normalized spacial score (nSPS) is 15.9. The van der Waals surface area contributed by atoms with E-state index in [1.807, 2.05) is 6.07 Å². The molecule has 0 aromatic heterocycles. The molecule has 0 amide bonds.